The minimum absolute atomic E-state index is 0.0247. The largest absolute Gasteiger partial charge is 0.383 e. The number of thiazole rings is 1. The average molecular weight is 481 g/mol. The molecule has 4 rings (SSSR count). The van der Waals surface area contributed by atoms with E-state index in [9.17, 15) is 9.59 Å². The van der Waals surface area contributed by atoms with Crippen molar-refractivity contribution in [2.45, 2.75) is 65.1 Å². The number of amides is 1. The van der Waals surface area contributed by atoms with E-state index in [2.05, 4.69) is 34.3 Å². The van der Waals surface area contributed by atoms with E-state index in [0.717, 1.165) is 21.3 Å². The normalized spacial score (nSPS) is 22.7. The summed E-state index contributed by atoms with van der Waals surface area (Å²) < 4.78 is 7.31. The molecule has 7 nitrogen and oxygen atoms in total. The first-order valence-corrected chi connectivity index (χ1v) is 12.7. The Morgan fingerprint density at radius 3 is 2.76 bits per heavy atom. The molecule has 0 bridgehead atoms. The second kappa shape index (κ2) is 10.2. The highest BCUT2D eigenvalue weighted by Gasteiger charge is 2.42. The smallest absolute Gasteiger partial charge is 0.292 e. The number of benzene rings is 1. The van der Waals surface area contributed by atoms with Crippen LogP contribution in [0.3, 0.4) is 0 Å². The number of aryl methyl sites for hydroxylation is 1. The monoisotopic (exact) mass is 480 g/mol. The molecule has 0 saturated heterocycles. The van der Waals surface area contributed by atoms with Crippen molar-refractivity contribution in [1.82, 2.24) is 9.97 Å². The van der Waals surface area contributed by atoms with Crippen LogP contribution in [-0.4, -0.2) is 33.9 Å². The molecule has 1 aliphatic rings. The highest BCUT2D eigenvalue weighted by atomic mass is 32.1. The van der Waals surface area contributed by atoms with Crippen LogP contribution in [0.15, 0.2) is 36.0 Å². The van der Waals surface area contributed by atoms with Gasteiger partial charge < -0.3 is 15.8 Å². The zero-order valence-electron chi connectivity index (χ0n) is 20.1. The van der Waals surface area contributed by atoms with Crippen LogP contribution in [0.5, 0.6) is 0 Å². The number of aromatic nitrogens is 2. The van der Waals surface area contributed by atoms with E-state index in [-0.39, 0.29) is 24.0 Å². The standard InChI is InChI=1S/C26H32N4O3S/c1-5-16-9-18(12-28-25(16)27)30-26(32)24(31)20-8-15(4)22(33-14(2)3)11-19(20)17-6-7-23-21(10-17)29-13-34-23/h6-7,9-10,12-15,19-20,22H,5,8,11H2,1-4H3,(H2,27,28)(H,30,32)/t15-,19-,20?,22-/m0/s1. The zero-order chi connectivity index (χ0) is 24.4. The number of nitrogens with zero attached hydrogens (tertiary/aromatic N) is 2. The van der Waals surface area contributed by atoms with E-state index in [1.165, 1.54) is 6.20 Å². The van der Waals surface area contributed by atoms with Crippen LogP contribution in [0.4, 0.5) is 11.5 Å². The Morgan fingerprint density at radius 2 is 2.03 bits per heavy atom. The van der Waals surface area contributed by atoms with E-state index in [1.807, 2.05) is 32.3 Å². The van der Waals surface area contributed by atoms with Gasteiger partial charge in [0.25, 0.3) is 5.91 Å². The van der Waals surface area contributed by atoms with Crippen LogP contribution >= 0.6 is 11.3 Å². The predicted molar refractivity (Wildman–Crippen MR) is 136 cm³/mol. The summed E-state index contributed by atoms with van der Waals surface area (Å²) >= 11 is 1.59. The Morgan fingerprint density at radius 1 is 1.24 bits per heavy atom. The number of nitrogen functional groups attached to an aromatic ring is 1. The fourth-order valence-electron chi connectivity index (χ4n) is 4.90. The van der Waals surface area contributed by atoms with Crippen molar-refractivity contribution in [2.24, 2.45) is 11.8 Å². The van der Waals surface area contributed by atoms with Crippen molar-refractivity contribution in [3.8, 4) is 0 Å². The third-order valence-electron chi connectivity index (χ3n) is 6.66. The van der Waals surface area contributed by atoms with Gasteiger partial charge in [-0.25, -0.2) is 9.97 Å². The molecular formula is C26H32N4O3S. The van der Waals surface area contributed by atoms with Gasteiger partial charge >= 0.3 is 0 Å². The number of anilines is 2. The van der Waals surface area contributed by atoms with Crippen molar-refractivity contribution in [3.63, 3.8) is 0 Å². The lowest BCUT2D eigenvalue weighted by atomic mass is 9.68. The summed E-state index contributed by atoms with van der Waals surface area (Å²) in [7, 11) is 0. The van der Waals surface area contributed by atoms with Crippen LogP contribution in [0.1, 0.15) is 57.6 Å². The molecular weight excluding hydrogens is 448 g/mol. The Balaban J connectivity index is 1.61. The maximum absolute atomic E-state index is 13.5. The molecule has 0 spiro atoms. The number of Topliss-reactive ketones (excluding diaryl/α,β-unsaturated/α-hetero) is 1. The molecule has 3 aromatic rings. The second-order valence-electron chi connectivity index (χ2n) is 9.40. The first-order valence-electron chi connectivity index (χ1n) is 11.8. The lowest BCUT2D eigenvalue weighted by Gasteiger charge is -2.40. The van der Waals surface area contributed by atoms with Gasteiger partial charge in [-0.3, -0.25) is 9.59 Å². The molecule has 34 heavy (non-hydrogen) atoms. The summed E-state index contributed by atoms with van der Waals surface area (Å²) in [6.07, 6.45) is 3.57. The Bertz CT molecular complexity index is 1190. The van der Waals surface area contributed by atoms with E-state index in [4.69, 9.17) is 10.5 Å². The van der Waals surface area contributed by atoms with Crippen molar-refractivity contribution >= 4 is 44.7 Å². The van der Waals surface area contributed by atoms with Crippen molar-refractivity contribution in [1.29, 1.82) is 0 Å². The number of carbonyl (C=O) groups is 2. The molecule has 1 unspecified atom stereocenters. The van der Waals surface area contributed by atoms with Gasteiger partial charge in [0.15, 0.2) is 0 Å². The topological polar surface area (TPSA) is 107 Å². The minimum Gasteiger partial charge on any atom is -0.383 e. The third kappa shape index (κ3) is 5.13. The molecule has 2 heterocycles. The van der Waals surface area contributed by atoms with Crippen molar-refractivity contribution in [3.05, 3.63) is 47.1 Å². The number of nitrogens with two attached hydrogens (primary N) is 1. The lowest BCUT2D eigenvalue weighted by Crippen LogP contribution is -2.42. The number of ketones is 1. The molecule has 1 amide bonds. The van der Waals surface area contributed by atoms with Crippen LogP contribution < -0.4 is 11.1 Å². The fraction of sp³-hybridized carbons (Fsp3) is 0.462. The second-order valence-corrected chi connectivity index (χ2v) is 10.3. The van der Waals surface area contributed by atoms with Crippen LogP contribution in [-0.2, 0) is 20.7 Å². The summed E-state index contributed by atoms with van der Waals surface area (Å²) in [6, 6.07) is 7.93. The number of pyridine rings is 1. The van der Waals surface area contributed by atoms with Crippen molar-refractivity contribution < 1.29 is 14.3 Å². The molecule has 180 valence electrons. The molecule has 4 atom stereocenters. The van der Waals surface area contributed by atoms with Gasteiger partial charge in [0.1, 0.15) is 5.82 Å². The molecule has 3 N–H and O–H groups in total. The highest BCUT2D eigenvalue weighted by Crippen LogP contribution is 2.43. The Kier molecular flexibility index (Phi) is 7.28. The van der Waals surface area contributed by atoms with Gasteiger partial charge in [-0.05, 0) is 74.3 Å². The number of fused-ring (bicyclic) bond motifs is 1. The van der Waals surface area contributed by atoms with Gasteiger partial charge in [0.05, 0.1) is 39.8 Å². The summed E-state index contributed by atoms with van der Waals surface area (Å²) in [5.74, 6) is -0.998. The molecule has 8 heteroatoms. The van der Waals surface area contributed by atoms with Crippen LogP contribution in [0, 0.1) is 11.8 Å². The third-order valence-corrected chi connectivity index (χ3v) is 7.47. The fourth-order valence-corrected chi connectivity index (χ4v) is 5.56. The summed E-state index contributed by atoms with van der Waals surface area (Å²) in [6.45, 7) is 8.12. The number of rotatable bonds is 7. The summed E-state index contributed by atoms with van der Waals surface area (Å²) in [5, 5.41) is 2.75. The zero-order valence-corrected chi connectivity index (χ0v) is 20.9. The maximum Gasteiger partial charge on any atom is 0.292 e. The summed E-state index contributed by atoms with van der Waals surface area (Å²) in [4.78, 5) is 35.1. The lowest BCUT2D eigenvalue weighted by molar-refractivity contribution is -0.140. The molecule has 1 aromatic carbocycles. The SMILES string of the molecule is CCc1cc(NC(=O)C(=O)C2C[C@H](C)[C@@H](OC(C)C)C[C@H]2c2ccc3scnc3c2)cnc1N. The Labute approximate surface area is 204 Å². The average Bonchev–Trinajstić information content (AvgIpc) is 3.28. The molecule has 1 aliphatic carbocycles. The highest BCUT2D eigenvalue weighted by molar-refractivity contribution is 7.16. The number of nitrogens with one attached hydrogen (secondary N) is 1. The van der Waals surface area contributed by atoms with E-state index >= 15 is 0 Å². The minimum atomic E-state index is -0.617. The van der Waals surface area contributed by atoms with Gasteiger partial charge in [-0.2, -0.15) is 0 Å². The van der Waals surface area contributed by atoms with Gasteiger partial charge in [-0.15, -0.1) is 11.3 Å². The molecule has 1 saturated carbocycles. The maximum atomic E-state index is 13.5. The van der Waals surface area contributed by atoms with E-state index < -0.39 is 17.6 Å². The van der Waals surface area contributed by atoms with Gasteiger partial charge in [0.2, 0.25) is 5.78 Å². The van der Waals surface area contributed by atoms with Gasteiger partial charge in [-0.1, -0.05) is 19.9 Å². The molecule has 0 aliphatic heterocycles. The van der Waals surface area contributed by atoms with Crippen LogP contribution in [0.25, 0.3) is 10.2 Å². The quantitative estimate of drug-likeness (QED) is 0.463. The number of ether oxygens (including phenoxy) is 1. The predicted octanol–water partition coefficient (Wildman–Crippen LogP) is 4.97. The number of hydrogen-bond donors (Lipinski definition) is 2. The van der Waals surface area contributed by atoms with Gasteiger partial charge in [0, 0.05) is 5.92 Å². The number of hydrogen-bond acceptors (Lipinski definition) is 7. The first kappa shape index (κ1) is 24.3. The molecule has 1 fully saturated rings. The number of carbonyl (C=O) groups excluding carboxylic acids is 2. The molecule has 0 radical (unpaired) electrons. The Hall–Kier alpha value is -2.84. The van der Waals surface area contributed by atoms with E-state index in [0.29, 0.717) is 30.8 Å². The van der Waals surface area contributed by atoms with Crippen molar-refractivity contribution in [2.75, 3.05) is 11.1 Å². The first-order chi connectivity index (χ1) is 16.3. The van der Waals surface area contributed by atoms with Crippen LogP contribution in [0.2, 0.25) is 0 Å². The summed E-state index contributed by atoms with van der Waals surface area (Å²) in [5.41, 5.74) is 11.0. The van der Waals surface area contributed by atoms with E-state index in [1.54, 1.807) is 17.4 Å². The molecule has 2 aromatic heterocycles.